The maximum atomic E-state index is 12.8. The minimum absolute atomic E-state index is 0.0783. The van der Waals surface area contributed by atoms with Gasteiger partial charge < -0.3 is 19.5 Å². The van der Waals surface area contributed by atoms with Crippen LogP contribution < -0.4 is 19.5 Å². The van der Waals surface area contributed by atoms with E-state index in [1.165, 1.54) is 21.3 Å². The molecule has 0 atom stereocenters. The third-order valence-electron chi connectivity index (χ3n) is 4.87. The predicted octanol–water partition coefficient (Wildman–Crippen LogP) is 3.49. The second-order valence-corrected chi connectivity index (χ2v) is 7.86. The average Bonchev–Trinajstić information content (AvgIpc) is 3.05. The zero-order chi connectivity index (χ0) is 23.3. The molecule has 0 saturated carbocycles. The van der Waals surface area contributed by atoms with Crippen molar-refractivity contribution in [2.75, 3.05) is 34.4 Å². The number of aryl methyl sites for hydroxylation is 1. The smallest absolute Gasteiger partial charge is 0.293 e. The number of methoxy groups -OCH3 is 3. The molecule has 0 bridgehead atoms. The summed E-state index contributed by atoms with van der Waals surface area (Å²) in [6, 6.07) is 10.6. The molecule has 3 amide bonds. The highest BCUT2D eigenvalue weighted by atomic mass is 32.2. The highest BCUT2D eigenvalue weighted by molar-refractivity contribution is 8.18. The summed E-state index contributed by atoms with van der Waals surface area (Å²) in [5.74, 6) is 0.652. The number of nitrogens with one attached hydrogen (secondary N) is 1. The molecule has 1 aliphatic rings. The molecule has 0 aliphatic carbocycles. The first-order chi connectivity index (χ1) is 15.4. The van der Waals surface area contributed by atoms with Crippen LogP contribution in [0, 0.1) is 6.92 Å². The number of carbonyl (C=O) groups is 3. The van der Waals surface area contributed by atoms with Crippen molar-refractivity contribution in [2.45, 2.75) is 6.92 Å². The quantitative estimate of drug-likeness (QED) is 0.608. The van der Waals surface area contributed by atoms with E-state index in [4.69, 9.17) is 14.2 Å². The van der Waals surface area contributed by atoms with Crippen molar-refractivity contribution in [3.63, 3.8) is 0 Å². The van der Waals surface area contributed by atoms with Crippen molar-refractivity contribution in [3.8, 4) is 17.2 Å². The summed E-state index contributed by atoms with van der Waals surface area (Å²) in [6.07, 6.45) is 1.60. The average molecular weight is 457 g/mol. The van der Waals surface area contributed by atoms with Crippen molar-refractivity contribution in [2.24, 2.45) is 0 Å². The van der Waals surface area contributed by atoms with E-state index in [-0.39, 0.29) is 29.1 Å². The predicted molar refractivity (Wildman–Crippen MR) is 122 cm³/mol. The van der Waals surface area contributed by atoms with Crippen LogP contribution in [0.5, 0.6) is 17.2 Å². The molecular weight excluding hydrogens is 432 g/mol. The SMILES string of the molecule is COc1cc(C=C2SC(=O)N(CCNC(=O)c3ccccc3C)C2=O)cc(OC)c1OC. The van der Waals surface area contributed by atoms with E-state index in [9.17, 15) is 14.4 Å². The highest BCUT2D eigenvalue weighted by Gasteiger charge is 2.34. The second kappa shape index (κ2) is 10.2. The van der Waals surface area contributed by atoms with Gasteiger partial charge in [-0.2, -0.15) is 0 Å². The van der Waals surface area contributed by atoms with E-state index >= 15 is 0 Å². The minimum atomic E-state index is -0.418. The molecule has 0 aromatic heterocycles. The number of imide groups is 1. The molecule has 0 spiro atoms. The van der Waals surface area contributed by atoms with Crippen LogP contribution in [0.1, 0.15) is 21.5 Å². The summed E-state index contributed by atoms with van der Waals surface area (Å²) in [5, 5.41) is 2.36. The van der Waals surface area contributed by atoms with Crippen LogP contribution in [-0.4, -0.2) is 56.4 Å². The topological polar surface area (TPSA) is 94.2 Å². The van der Waals surface area contributed by atoms with Gasteiger partial charge >= 0.3 is 0 Å². The first-order valence-corrected chi connectivity index (χ1v) is 10.6. The van der Waals surface area contributed by atoms with Gasteiger partial charge in [-0.25, -0.2) is 0 Å². The van der Waals surface area contributed by atoms with Gasteiger partial charge in [0.1, 0.15) is 0 Å². The Labute approximate surface area is 190 Å². The molecule has 0 unspecified atom stereocenters. The van der Waals surface area contributed by atoms with Gasteiger partial charge in [-0.3, -0.25) is 19.3 Å². The van der Waals surface area contributed by atoms with Crippen LogP contribution in [0.25, 0.3) is 6.08 Å². The first kappa shape index (κ1) is 23.2. The van der Waals surface area contributed by atoms with E-state index in [1.54, 1.807) is 30.3 Å². The molecule has 1 aliphatic heterocycles. The number of nitrogens with zero attached hydrogens (tertiary/aromatic N) is 1. The summed E-state index contributed by atoms with van der Waals surface area (Å²) < 4.78 is 16.0. The lowest BCUT2D eigenvalue weighted by atomic mass is 10.1. The molecule has 8 nitrogen and oxygen atoms in total. The number of hydrogen-bond acceptors (Lipinski definition) is 7. The molecule has 32 heavy (non-hydrogen) atoms. The number of thioether (sulfide) groups is 1. The van der Waals surface area contributed by atoms with E-state index in [0.717, 1.165) is 22.2 Å². The van der Waals surface area contributed by atoms with Crippen LogP contribution in [0.4, 0.5) is 4.79 Å². The number of hydrogen-bond donors (Lipinski definition) is 1. The van der Waals surface area contributed by atoms with Gasteiger partial charge in [-0.1, -0.05) is 18.2 Å². The van der Waals surface area contributed by atoms with Gasteiger partial charge in [0.05, 0.1) is 26.2 Å². The van der Waals surface area contributed by atoms with Gasteiger partial charge in [0.25, 0.3) is 17.1 Å². The van der Waals surface area contributed by atoms with Crippen LogP contribution in [0.15, 0.2) is 41.3 Å². The lowest BCUT2D eigenvalue weighted by molar-refractivity contribution is -0.122. The zero-order valence-electron chi connectivity index (χ0n) is 18.3. The Morgan fingerprint density at radius 2 is 1.72 bits per heavy atom. The molecule has 1 heterocycles. The lowest BCUT2D eigenvalue weighted by Gasteiger charge is -2.14. The Balaban J connectivity index is 1.70. The molecular formula is C23H24N2O6S. The summed E-state index contributed by atoms with van der Waals surface area (Å²) in [5.41, 5.74) is 2.03. The second-order valence-electron chi connectivity index (χ2n) is 6.86. The van der Waals surface area contributed by atoms with E-state index in [1.807, 2.05) is 19.1 Å². The summed E-state index contributed by atoms with van der Waals surface area (Å²) >= 11 is 0.844. The largest absolute Gasteiger partial charge is 0.493 e. The molecule has 1 N–H and O–H groups in total. The van der Waals surface area contributed by atoms with Gasteiger partial charge in [0.15, 0.2) is 11.5 Å². The monoisotopic (exact) mass is 456 g/mol. The van der Waals surface area contributed by atoms with Crippen LogP contribution in [0.2, 0.25) is 0 Å². The molecule has 1 fully saturated rings. The highest BCUT2D eigenvalue weighted by Crippen LogP contribution is 2.40. The molecule has 168 valence electrons. The third-order valence-corrected chi connectivity index (χ3v) is 5.78. The Morgan fingerprint density at radius 3 is 2.31 bits per heavy atom. The number of carbonyl (C=O) groups excluding carboxylic acids is 3. The normalized spacial score (nSPS) is 14.6. The van der Waals surface area contributed by atoms with Crippen LogP contribution in [0.3, 0.4) is 0 Å². The van der Waals surface area contributed by atoms with Crippen molar-refractivity contribution >= 4 is 34.9 Å². The fourth-order valence-electron chi connectivity index (χ4n) is 3.23. The number of benzene rings is 2. The molecule has 9 heteroatoms. The Hall–Kier alpha value is -3.46. The summed E-state index contributed by atoms with van der Waals surface area (Å²) in [7, 11) is 4.50. The van der Waals surface area contributed by atoms with E-state index in [2.05, 4.69) is 5.32 Å². The Bertz CT molecular complexity index is 1060. The fraction of sp³-hybridized carbons (Fsp3) is 0.261. The molecule has 2 aromatic rings. The molecule has 1 saturated heterocycles. The summed E-state index contributed by atoms with van der Waals surface area (Å²) in [6.45, 7) is 2.08. The third kappa shape index (κ3) is 4.88. The van der Waals surface area contributed by atoms with Crippen LogP contribution >= 0.6 is 11.8 Å². The van der Waals surface area contributed by atoms with Gasteiger partial charge in [0, 0.05) is 18.7 Å². The maximum Gasteiger partial charge on any atom is 0.293 e. The van der Waals surface area contributed by atoms with Crippen molar-refractivity contribution in [1.29, 1.82) is 0 Å². The van der Waals surface area contributed by atoms with Crippen molar-refractivity contribution in [3.05, 3.63) is 58.0 Å². The van der Waals surface area contributed by atoms with Crippen molar-refractivity contribution < 1.29 is 28.6 Å². The van der Waals surface area contributed by atoms with Gasteiger partial charge in [-0.05, 0) is 54.1 Å². The zero-order valence-corrected chi connectivity index (χ0v) is 19.1. The van der Waals surface area contributed by atoms with Gasteiger partial charge in [-0.15, -0.1) is 0 Å². The summed E-state index contributed by atoms with van der Waals surface area (Å²) in [4.78, 5) is 38.9. The molecule has 3 rings (SSSR count). The Kier molecular flexibility index (Phi) is 7.42. The number of ether oxygens (including phenoxy) is 3. The Morgan fingerprint density at radius 1 is 1.06 bits per heavy atom. The number of amides is 3. The first-order valence-electron chi connectivity index (χ1n) is 9.78. The molecule has 2 aromatic carbocycles. The van der Waals surface area contributed by atoms with Crippen LogP contribution in [-0.2, 0) is 4.79 Å². The standard InChI is InChI=1S/C23H24N2O6S/c1-14-7-5-6-8-16(14)21(26)24-9-10-25-22(27)19(32-23(25)28)13-15-11-17(29-2)20(31-4)18(12-15)30-3/h5-8,11-13H,9-10H2,1-4H3,(H,24,26). The van der Waals surface area contributed by atoms with Gasteiger partial charge in [0.2, 0.25) is 5.75 Å². The van der Waals surface area contributed by atoms with E-state index < -0.39 is 5.91 Å². The minimum Gasteiger partial charge on any atom is -0.493 e. The maximum absolute atomic E-state index is 12.8. The number of rotatable bonds is 8. The molecule has 0 radical (unpaired) electrons. The lowest BCUT2D eigenvalue weighted by Crippen LogP contribution is -2.37. The van der Waals surface area contributed by atoms with E-state index in [0.29, 0.717) is 28.4 Å². The van der Waals surface area contributed by atoms with Crippen molar-refractivity contribution in [1.82, 2.24) is 10.2 Å². The fourth-order valence-corrected chi connectivity index (χ4v) is 4.10.